The molecular weight excluding hydrogens is 674 g/mol. The van der Waals surface area contributed by atoms with E-state index in [-0.39, 0.29) is 17.5 Å². The van der Waals surface area contributed by atoms with Crippen molar-refractivity contribution in [3.05, 3.63) is 46.7 Å². The van der Waals surface area contributed by atoms with Gasteiger partial charge in [-0.25, -0.2) is 29.3 Å². The number of rotatable bonds is 5. The normalized spacial score (nSPS) is 16.4. The molecule has 4 heterocycles. The summed E-state index contributed by atoms with van der Waals surface area (Å²) in [5.41, 5.74) is -0.790. The second kappa shape index (κ2) is 13.6. The highest BCUT2D eigenvalue weighted by atomic mass is 79.9. The molecule has 2 atom stereocenters. The summed E-state index contributed by atoms with van der Waals surface area (Å²) in [6.45, 7) is 16.7. The lowest BCUT2D eigenvalue weighted by Crippen LogP contribution is -2.49. The van der Waals surface area contributed by atoms with Crippen LogP contribution in [0.15, 0.2) is 35.5 Å². The van der Waals surface area contributed by atoms with Gasteiger partial charge in [0.25, 0.3) is 0 Å². The van der Waals surface area contributed by atoms with Gasteiger partial charge >= 0.3 is 18.3 Å². The van der Waals surface area contributed by atoms with Crippen LogP contribution in [0.3, 0.4) is 0 Å². The first-order valence-electron chi connectivity index (χ1n) is 15.4. The van der Waals surface area contributed by atoms with Gasteiger partial charge in [0, 0.05) is 37.1 Å². The van der Waals surface area contributed by atoms with Gasteiger partial charge in [-0.2, -0.15) is 4.90 Å². The summed E-state index contributed by atoms with van der Waals surface area (Å²) in [4.78, 5) is 55.1. The van der Waals surface area contributed by atoms with E-state index >= 15 is 0 Å². The monoisotopic (exact) mass is 717 g/mol. The highest BCUT2D eigenvalue weighted by molar-refractivity contribution is 9.10. The van der Waals surface area contributed by atoms with E-state index in [1.54, 1.807) is 64.4 Å². The molecule has 14 nitrogen and oxygen atoms in total. The number of nitrogens with zero attached hydrogens (tertiary/aromatic N) is 6. The van der Waals surface area contributed by atoms with Crippen molar-refractivity contribution in [2.24, 2.45) is 0 Å². The first kappa shape index (κ1) is 35.9. The number of alkyl carbamates (subject to hydrolysis) is 1. The lowest BCUT2D eigenvalue weighted by molar-refractivity contribution is 0.0425. The minimum absolute atomic E-state index is 0.118. The maximum atomic E-state index is 13.3. The average Bonchev–Trinajstić information content (AvgIpc) is 3.35. The number of aromatic nitrogens is 4. The third-order valence-electron chi connectivity index (χ3n) is 6.74. The lowest BCUT2D eigenvalue weighted by Gasteiger charge is -2.36. The molecule has 0 aromatic carbocycles. The largest absolute Gasteiger partial charge is 0.444 e. The van der Waals surface area contributed by atoms with Crippen molar-refractivity contribution < 1.29 is 33.7 Å². The van der Waals surface area contributed by atoms with Crippen LogP contribution < -0.4 is 15.1 Å². The number of hydrogen-bond acceptors (Lipinski definition) is 11. The van der Waals surface area contributed by atoms with Crippen LogP contribution in [-0.2, 0) is 14.2 Å². The number of fused-ring (bicyclic) bond motifs is 1. The van der Waals surface area contributed by atoms with E-state index in [2.05, 4.69) is 41.1 Å². The number of piperidine rings is 1. The van der Waals surface area contributed by atoms with E-state index in [1.807, 2.05) is 20.8 Å². The molecule has 1 aliphatic heterocycles. The van der Waals surface area contributed by atoms with Gasteiger partial charge in [0.05, 0.1) is 23.8 Å². The van der Waals surface area contributed by atoms with Crippen molar-refractivity contribution in [3.63, 3.8) is 0 Å². The fraction of sp³-hybridized carbons (Fsp3) is 0.562. The predicted molar refractivity (Wildman–Crippen MR) is 179 cm³/mol. The van der Waals surface area contributed by atoms with Crippen molar-refractivity contribution in [1.29, 1.82) is 0 Å². The predicted octanol–water partition coefficient (Wildman–Crippen LogP) is 6.14. The van der Waals surface area contributed by atoms with E-state index in [0.717, 1.165) is 12.8 Å². The fourth-order valence-electron chi connectivity index (χ4n) is 5.01. The van der Waals surface area contributed by atoms with Crippen LogP contribution in [-0.4, -0.2) is 78.7 Å². The standard InChI is InChI=1S/C32H44BrN7O7/c1-30(2,3)45-27(42)37-19-11-10-13-38(18-19)21-16-35-23(33)15-20(21)24(41)22-17-36-25-26(34-12-14-39(22)25)40(28(43)46-31(4,5)6)29(44)47-32(7,8)9/h12,14-17,19,24,41H,10-11,13,18H2,1-9H3,(H,37,42)/t19-,24?/m1/s1. The zero-order valence-corrected chi connectivity index (χ0v) is 29.9. The quantitative estimate of drug-likeness (QED) is 0.230. The Kier molecular flexibility index (Phi) is 10.4. The summed E-state index contributed by atoms with van der Waals surface area (Å²) in [5, 5.41) is 14.8. The number of carbonyl (C=O) groups is 3. The number of imide groups is 1. The second-order valence-electron chi connectivity index (χ2n) is 14.3. The van der Waals surface area contributed by atoms with Gasteiger partial charge in [0.15, 0.2) is 11.5 Å². The molecule has 1 aliphatic rings. The number of anilines is 2. The van der Waals surface area contributed by atoms with Gasteiger partial charge in [-0.1, -0.05) is 0 Å². The summed E-state index contributed by atoms with van der Waals surface area (Å²) in [6, 6.07) is 1.54. The van der Waals surface area contributed by atoms with Crippen LogP contribution in [0.25, 0.3) is 5.65 Å². The Morgan fingerprint density at radius 2 is 1.57 bits per heavy atom. The van der Waals surface area contributed by atoms with Crippen molar-refractivity contribution in [2.75, 3.05) is 22.9 Å². The summed E-state index contributed by atoms with van der Waals surface area (Å²) in [5.74, 6) is -0.127. The maximum Gasteiger partial charge on any atom is 0.425 e. The van der Waals surface area contributed by atoms with Gasteiger partial charge in [0.2, 0.25) is 0 Å². The van der Waals surface area contributed by atoms with Crippen molar-refractivity contribution >= 4 is 51.4 Å². The minimum atomic E-state index is -1.22. The lowest BCUT2D eigenvalue weighted by atomic mass is 10.0. The van der Waals surface area contributed by atoms with Gasteiger partial charge in [-0.15, -0.1) is 0 Å². The Bertz CT molecular complexity index is 1600. The number of aliphatic hydroxyl groups is 1. The highest BCUT2D eigenvalue weighted by Crippen LogP contribution is 2.35. The number of amides is 3. The van der Waals surface area contributed by atoms with Crippen LogP contribution in [0.1, 0.15) is 92.5 Å². The maximum absolute atomic E-state index is 13.3. The first-order valence-corrected chi connectivity index (χ1v) is 16.2. The number of imidazole rings is 1. The van der Waals surface area contributed by atoms with Gasteiger partial charge < -0.3 is 29.5 Å². The molecule has 0 radical (unpaired) electrons. The molecule has 1 saturated heterocycles. The Labute approximate surface area is 282 Å². The molecule has 1 unspecified atom stereocenters. The second-order valence-corrected chi connectivity index (χ2v) is 15.1. The van der Waals surface area contributed by atoms with Crippen molar-refractivity contribution in [2.45, 2.75) is 104 Å². The van der Waals surface area contributed by atoms with Gasteiger partial charge in [-0.05, 0) is 97.2 Å². The summed E-state index contributed by atoms with van der Waals surface area (Å²) < 4.78 is 18.6. The Hall–Kier alpha value is -3.98. The molecule has 2 N–H and O–H groups in total. The average molecular weight is 719 g/mol. The molecule has 256 valence electrons. The van der Waals surface area contributed by atoms with E-state index in [4.69, 9.17) is 14.2 Å². The van der Waals surface area contributed by atoms with Gasteiger partial charge in [0.1, 0.15) is 27.5 Å². The smallest absolute Gasteiger partial charge is 0.425 e. The van der Waals surface area contributed by atoms with Crippen LogP contribution in [0.2, 0.25) is 0 Å². The number of aliphatic hydroxyl groups excluding tert-OH is 1. The molecule has 47 heavy (non-hydrogen) atoms. The Morgan fingerprint density at radius 3 is 2.17 bits per heavy atom. The number of pyridine rings is 1. The summed E-state index contributed by atoms with van der Waals surface area (Å²) in [6.07, 6.45) is 3.97. The molecule has 3 aromatic heterocycles. The van der Waals surface area contributed by atoms with Gasteiger partial charge in [-0.3, -0.25) is 4.40 Å². The zero-order valence-electron chi connectivity index (χ0n) is 28.3. The molecule has 0 bridgehead atoms. The topological polar surface area (TPSA) is 161 Å². The number of carbonyl (C=O) groups excluding carboxylic acids is 3. The molecule has 1 fully saturated rings. The third-order valence-corrected chi connectivity index (χ3v) is 7.17. The zero-order chi connectivity index (χ0) is 34.9. The number of ether oxygens (including phenoxy) is 3. The molecule has 3 aromatic rings. The number of halogens is 1. The number of nitrogens with one attached hydrogen (secondary N) is 1. The molecular formula is C32H44BrN7O7. The minimum Gasteiger partial charge on any atom is -0.444 e. The summed E-state index contributed by atoms with van der Waals surface area (Å²) >= 11 is 3.43. The van der Waals surface area contributed by atoms with Crippen molar-refractivity contribution in [3.8, 4) is 0 Å². The highest BCUT2D eigenvalue weighted by Gasteiger charge is 2.36. The summed E-state index contributed by atoms with van der Waals surface area (Å²) in [7, 11) is 0. The van der Waals surface area contributed by atoms with Crippen LogP contribution in [0.5, 0.6) is 0 Å². The van der Waals surface area contributed by atoms with Crippen LogP contribution >= 0.6 is 15.9 Å². The third kappa shape index (κ3) is 9.31. The molecule has 15 heteroatoms. The SMILES string of the molecule is CC(C)(C)OC(=O)N[C@@H]1CCCN(c2cnc(Br)cc2C(O)c2cnc3c(N(C(=O)OC(C)(C)C)C(=O)OC(C)(C)C)nccn23)C1. The number of hydrogen-bond donors (Lipinski definition) is 2. The molecule has 0 aliphatic carbocycles. The molecule has 4 rings (SSSR count). The Morgan fingerprint density at radius 1 is 0.957 bits per heavy atom. The Balaban J connectivity index is 1.70. The van der Waals surface area contributed by atoms with Crippen molar-refractivity contribution in [1.82, 2.24) is 24.7 Å². The van der Waals surface area contributed by atoms with E-state index < -0.39 is 41.2 Å². The van der Waals surface area contributed by atoms with Crippen LogP contribution in [0, 0.1) is 0 Å². The van der Waals surface area contributed by atoms with E-state index in [1.165, 1.54) is 12.4 Å². The fourth-order valence-corrected chi connectivity index (χ4v) is 5.36. The van der Waals surface area contributed by atoms with Crippen LogP contribution in [0.4, 0.5) is 25.9 Å². The van der Waals surface area contributed by atoms with E-state index in [9.17, 15) is 19.5 Å². The molecule has 0 saturated carbocycles. The molecule has 3 amide bonds. The molecule has 0 spiro atoms. The first-order chi connectivity index (χ1) is 21.7. The van der Waals surface area contributed by atoms with E-state index in [0.29, 0.717) is 39.5 Å².